The normalized spacial score (nSPS) is 18.6. The molecule has 0 unspecified atom stereocenters. The number of aliphatic hydroxyl groups is 1. The predicted octanol–water partition coefficient (Wildman–Crippen LogP) is 2.39. The maximum Gasteiger partial charge on any atom is 0.129 e. The zero-order valence-electron chi connectivity index (χ0n) is 11.2. The molecule has 2 N–H and O–H groups in total. The SMILES string of the molecule is CCc1cc(NCC2(CO)CCCCC2)ncn1. The first kappa shape index (κ1) is 13.3. The van der Waals surface area contributed by atoms with E-state index in [2.05, 4.69) is 22.2 Å². The average molecular weight is 249 g/mol. The van der Waals surface area contributed by atoms with Crippen molar-refractivity contribution in [3.8, 4) is 0 Å². The molecule has 1 aliphatic rings. The van der Waals surface area contributed by atoms with E-state index < -0.39 is 0 Å². The zero-order valence-corrected chi connectivity index (χ0v) is 11.2. The van der Waals surface area contributed by atoms with Gasteiger partial charge in [0.15, 0.2) is 0 Å². The van der Waals surface area contributed by atoms with Crippen LogP contribution in [-0.4, -0.2) is 28.2 Å². The second kappa shape index (κ2) is 6.14. The molecule has 1 aliphatic carbocycles. The molecular weight excluding hydrogens is 226 g/mol. The van der Waals surface area contributed by atoms with Crippen molar-refractivity contribution in [1.82, 2.24) is 9.97 Å². The van der Waals surface area contributed by atoms with Gasteiger partial charge in [0, 0.05) is 23.7 Å². The van der Waals surface area contributed by atoms with Crippen LogP contribution in [0.1, 0.15) is 44.7 Å². The van der Waals surface area contributed by atoms with Crippen molar-refractivity contribution < 1.29 is 5.11 Å². The summed E-state index contributed by atoms with van der Waals surface area (Å²) >= 11 is 0. The van der Waals surface area contributed by atoms with Crippen molar-refractivity contribution in [2.75, 3.05) is 18.5 Å². The van der Waals surface area contributed by atoms with Gasteiger partial charge in [-0.3, -0.25) is 0 Å². The first-order chi connectivity index (χ1) is 8.78. The van der Waals surface area contributed by atoms with Crippen molar-refractivity contribution in [3.63, 3.8) is 0 Å². The Balaban J connectivity index is 1.96. The van der Waals surface area contributed by atoms with Crippen molar-refractivity contribution in [2.45, 2.75) is 45.4 Å². The first-order valence-electron chi connectivity index (χ1n) is 6.94. The fourth-order valence-electron chi connectivity index (χ4n) is 2.66. The maximum atomic E-state index is 9.65. The van der Waals surface area contributed by atoms with Gasteiger partial charge < -0.3 is 10.4 Å². The number of aliphatic hydroxyl groups excluding tert-OH is 1. The van der Waals surface area contributed by atoms with Gasteiger partial charge in [-0.2, -0.15) is 0 Å². The summed E-state index contributed by atoms with van der Waals surface area (Å²) in [6, 6.07) is 1.99. The predicted molar refractivity (Wildman–Crippen MR) is 72.5 cm³/mol. The Morgan fingerprint density at radius 1 is 1.28 bits per heavy atom. The minimum atomic E-state index is 0.0512. The van der Waals surface area contributed by atoms with Gasteiger partial charge >= 0.3 is 0 Å². The molecule has 1 aromatic rings. The van der Waals surface area contributed by atoms with Crippen molar-refractivity contribution in [2.24, 2.45) is 5.41 Å². The van der Waals surface area contributed by atoms with E-state index in [9.17, 15) is 5.11 Å². The van der Waals surface area contributed by atoms with Crippen LogP contribution in [0.5, 0.6) is 0 Å². The van der Waals surface area contributed by atoms with E-state index in [1.165, 1.54) is 19.3 Å². The number of nitrogens with one attached hydrogen (secondary N) is 1. The van der Waals surface area contributed by atoms with Crippen LogP contribution in [0.2, 0.25) is 0 Å². The van der Waals surface area contributed by atoms with Gasteiger partial charge in [-0.1, -0.05) is 26.2 Å². The summed E-state index contributed by atoms with van der Waals surface area (Å²) in [6.07, 6.45) is 8.51. The van der Waals surface area contributed by atoms with E-state index in [-0.39, 0.29) is 12.0 Å². The molecule has 4 nitrogen and oxygen atoms in total. The summed E-state index contributed by atoms with van der Waals surface area (Å²) in [5.41, 5.74) is 1.10. The highest BCUT2D eigenvalue weighted by Crippen LogP contribution is 2.35. The molecule has 18 heavy (non-hydrogen) atoms. The molecule has 0 bridgehead atoms. The van der Waals surface area contributed by atoms with Gasteiger partial charge in [0.05, 0.1) is 6.61 Å². The highest BCUT2D eigenvalue weighted by Gasteiger charge is 2.31. The summed E-state index contributed by atoms with van der Waals surface area (Å²) in [7, 11) is 0. The second-order valence-corrected chi connectivity index (χ2v) is 5.32. The van der Waals surface area contributed by atoms with Gasteiger partial charge in [-0.05, 0) is 19.3 Å². The Labute approximate surface area is 109 Å². The molecule has 0 atom stereocenters. The molecular formula is C14H23N3O. The van der Waals surface area contributed by atoms with E-state index >= 15 is 0 Å². The second-order valence-electron chi connectivity index (χ2n) is 5.32. The van der Waals surface area contributed by atoms with Crippen LogP contribution < -0.4 is 5.32 Å². The van der Waals surface area contributed by atoms with Crippen LogP contribution >= 0.6 is 0 Å². The number of nitrogens with zero attached hydrogens (tertiary/aromatic N) is 2. The minimum Gasteiger partial charge on any atom is -0.396 e. The molecule has 1 saturated carbocycles. The van der Waals surface area contributed by atoms with Crippen LogP contribution in [0.15, 0.2) is 12.4 Å². The van der Waals surface area contributed by atoms with E-state index in [4.69, 9.17) is 0 Å². The first-order valence-corrected chi connectivity index (χ1v) is 6.94. The topological polar surface area (TPSA) is 58.0 Å². The zero-order chi connectivity index (χ0) is 12.8. The van der Waals surface area contributed by atoms with Crippen LogP contribution in [0.4, 0.5) is 5.82 Å². The van der Waals surface area contributed by atoms with E-state index in [0.717, 1.165) is 37.3 Å². The summed E-state index contributed by atoms with van der Waals surface area (Å²) < 4.78 is 0. The smallest absolute Gasteiger partial charge is 0.129 e. The lowest BCUT2D eigenvalue weighted by Crippen LogP contribution is -2.35. The molecule has 1 heterocycles. The Hall–Kier alpha value is -1.16. The maximum absolute atomic E-state index is 9.65. The largest absolute Gasteiger partial charge is 0.396 e. The van der Waals surface area contributed by atoms with Crippen molar-refractivity contribution in [1.29, 1.82) is 0 Å². The molecule has 0 saturated heterocycles. The summed E-state index contributed by atoms with van der Waals surface area (Å²) in [6.45, 7) is 3.16. The molecule has 0 aromatic carbocycles. The lowest BCUT2D eigenvalue weighted by atomic mass is 9.74. The van der Waals surface area contributed by atoms with Crippen molar-refractivity contribution >= 4 is 5.82 Å². The van der Waals surface area contributed by atoms with Gasteiger partial charge in [0.2, 0.25) is 0 Å². The highest BCUT2D eigenvalue weighted by atomic mass is 16.3. The molecule has 4 heteroatoms. The number of hydrogen-bond acceptors (Lipinski definition) is 4. The standard InChI is InChI=1S/C14H23N3O/c1-2-12-8-13(17-11-16-12)15-9-14(10-18)6-4-3-5-7-14/h8,11,18H,2-7,9-10H2,1H3,(H,15,16,17). The third kappa shape index (κ3) is 3.19. The average Bonchev–Trinajstić information content (AvgIpc) is 2.46. The minimum absolute atomic E-state index is 0.0512. The van der Waals surface area contributed by atoms with Gasteiger partial charge in [0.25, 0.3) is 0 Å². The summed E-state index contributed by atoms with van der Waals surface area (Å²) in [5.74, 6) is 0.875. The highest BCUT2D eigenvalue weighted by molar-refractivity contribution is 5.35. The Morgan fingerprint density at radius 2 is 2.06 bits per heavy atom. The Bertz CT molecular complexity index is 375. The number of aryl methyl sites for hydroxylation is 1. The lowest BCUT2D eigenvalue weighted by Gasteiger charge is -2.35. The van der Waals surface area contributed by atoms with Gasteiger partial charge in [-0.25, -0.2) is 9.97 Å². The van der Waals surface area contributed by atoms with Crippen LogP contribution in [0, 0.1) is 5.41 Å². The van der Waals surface area contributed by atoms with E-state index in [1.54, 1.807) is 6.33 Å². The quantitative estimate of drug-likeness (QED) is 0.841. The molecule has 100 valence electrons. The van der Waals surface area contributed by atoms with E-state index in [0.29, 0.717) is 0 Å². The van der Waals surface area contributed by atoms with E-state index in [1.807, 2.05) is 6.07 Å². The molecule has 0 radical (unpaired) electrons. The third-order valence-electron chi connectivity index (χ3n) is 3.98. The Morgan fingerprint density at radius 3 is 2.72 bits per heavy atom. The summed E-state index contributed by atoms with van der Waals surface area (Å²) in [4.78, 5) is 8.42. The molecule has 0 amide bonds. The molecule has 1 fully saturated rings. The number of anilines is 1. The van der Waals surface area contributed by atoms with Crippen LogP contribution in [-0.2, 0) is 6.42 Å². The fourth-order valence-corrected chi connectivity index (χ4v) is 2.66. The van der Waals surface area contributed by atoms with Crippen LogP contribution in [0.3, 0.4) is 0 Å². The molecule has 0 spiro atoms. The Kier molecular flexibility index (Phi) is 4.53. The number of hydrogen-bond donors (Lipinski definition) is 2. The molecule has 1 aromatic heterocycles. The third-order valence-corrected chi connectivity index (χ3v) is 3.98. The number of rotatable bonds is 5. The lowest BCUT2D eigenvalue weighted by molar-refractivity contribution is 0.0943. The number of aromatic nitrogens is 2. The van der Waals surface area contributed by atoms with Crippen LogP contribution in [0.25, 0.3) is 0 Å². The van der Waals surface area contributed by atoms with Gasteiger partial charge in [0.1, 0.15) is 12.1 Å². The molecule has 0 aliphatic heterocycles. The monoisotopic (exact) mass is 249 g/mol. The summed E-state index contributed by atoms with van der Waals surface area (Å²) in [5, 5.41) is 13.0. The fraction of sp³-hybridized carbons (Fsp3) is 0.714. The van der Waals surface area contributed by atoms with Gasteiger partial charge in [-0.15, -0.1) is 0 Å². The van der Waals surface area contributed by atoms with Crippen molar-refractivity contribution in [3.05, 3.63) is 18.1 Å². The molecule has 2 rings (SSSR count).